The number of para-hydroxylation sites is 1. The Balaban J connectivity index is 1.49. The number of nitrogens with one attached hydrogen (secondary N) is 1. The highest BCUT2D eigenvalue weighted by Crippen LogP contribution is 2.45. The summed E-state index contributed by atoms with van der Waals surface area (Å²) in [6.07, 6.45) is -0.196. The van der Waals surface area contributed by atoms with Crippen molar-refractivity contribution in [3.05, 3.63) is 59.3 Å². The lowest BCUT2D eigenvalue weighted by Gasteiger charge is -2.46. The number of ether oxygens (including phenoxy) is 3. The molecule has 1 aromatic heterocycles. The molecule has 1 fully saturated rings. The topological polar surface area (TPSA) is 87.3 Å². The van der Waals surface area contributed by atoms with E-state index in [1.165, 1.54) is 5.56 Å². The van der Waals surface area contributed by atoms with Crippen molar-refractivity contribution in [3.63, 3.8) is 0 Å². The Morgan fingerprint density at radius 2 is 2.05 bits per heavy atom. The summed E-state index contributed by atoms with van der Waals surface area (Å²) in [7, 11) is 1.61. The molecule has 8 nitrogen and oxygen atoms in total. The Labute approximate surface area is 226 Å². The van der Waals surface area contributed by atoms with Gasteiger partial charge in [-0.05, 0) is 49.6 Å². The molecule has 2 atom stereocenters. The van der Waals surface area contributed by atoms with E-state index >= 15 is 4.39 Å². The van der Waals surface area contributed by atoms with Crippen molar-refractivity contribution in [1.82, 2.24) is 14.8 Å². The number of methoxy groups -OCH3 is 1. The van der Waals surface area contributed by atoms with E-state index in [0.717, 1.165) is 33.5 Å². The first kappa shape index (κ1) is 27.2. The van der Waals surface area contributed by atoms with Gasteiger partial charge in [0.1, 0.15) is 18.1 Å². The molecule has 2 aliphatic rings. The molecule has 0 radical (unpaired) electrons. The van der Waals surface area contributed by atoms with Gasteiger partial charge in [-0.3, -0.25) is 9.29 Å². The number of halogens is 2. The summed E-state index contributed by atoms with van der Waals surface area (Å²) < 4.78 is 45.0. The molecular weight excluding hydrogens is 508 g/mol. The molecule has 0 saturated carbocycles. The van der Waals surface area contributed by atoms with Gasteiger partial charge in [-0.25, -0.2) is 9.18 Å². The molecule has 3 heterocycles. The summed E-state index contributed by atoms with van der Waals surface area (Å²) >= 11 is 0. The van der Waals surface area contributed by atoms with E-state index in [1.54, 1.807) is 13.2 Å². The number of carbonyl (C=O) groups is 1. The van der Waals surface area contributed by atoms with E-state index in [0.29, 0.717) is 11.5 Å². The van der Waals surface area contributed by atoms with Crippen molar-refractivity contribution in [1.29, 1.82) is 0 Å². The monoisotopic (exact) mass is 543 g/mol. The van der Waals surface area contributed by atoms with Gasteiger partial charge >= 0.3 is 6.09 Å². The Bertz CT molecular complexity index is 1310. The standard InChI is InChI=1S/C29H35F2N3O5/c1-19-14-22-21-6-3-4-7-24(21)32-26(22)27(34(19)16-29(31)17-38-18-29)23-15-20(8-9-25(23)37-2)39-13-12-33(28(35)36)11-5-10-30/h3-4,6-9,15,19,27,32H,5,10-14,16-18H2,1-2H3,(H,35,36)/t19-,27-/m1/s1. The molecule has 0 unspecified atom stereocenters. The number of nitrogens with zero attached hydrogens (tertiary/aromatic N) is 2. The summed E-state index contributed by atoms with van der Waals surface area (Å²) in [6.45, 7) is 2.23. The zero-order valence-corrected chi connectivity index (χ0v) is 22.3. The lowest BCUT2D eigenvalue weighted by atomic mass is 9.86. The zero-order chi connectivity index (χ0) is 27.6. The van der Waals surface area contributed by atoms with Crippen LogP contribution in [0.5, 0.6) is 11.5 Å². The second-order valence-corrected chi connectivity index (χ2v) is 10.4. The van der Waals surface area contributed by atoms with Crippen LogP contribution in [0.3, 0.4) is 0 Å². The molecule has 1 saturated heterocycles. The SMILES string of the molecule is COc1ccc(OCCN(CCCF)C(=O)O)cc1[C@@H]1c2[nH]c3ccccc3c2C[C@@H](C)N1CC1(F)COC1. The largest absolute Gasteiger partial charge is 0.496 e. The number of alkyl halides is 2. The normalized spacial score (nSPS) is 20.3. The number of fused-ring (bicyclic) bond motifs is 3. The molecule has 2 aliphatic heterocycles. The fourth-order valence-electron chi connectivity index (χ4n) is 5.67. The number of H-pyrrole nitrogens is 1. The van der Waals surface area contributed by atoms with E-state index in [9.17, 15) is 14.3 Å². The van der Waals surface area contributed by atoms with Crippen molar-refractivity contribution in [2.75, 3.05) is 53.2 Å². The van der Waals surface area contributed by atoms with Crippen molar-refractivity contribution >= 4 is 17.0 Å². The number of rotatable bonds is 11. The van der Waals surface area contributed by atoms with Crippen LogP contribution in [0.25, 0.3) is 10.9 Å². The number of aromatic nitrogens is 1. The lowest BCUT2D eigenvalue weighted by molar-refractivity contribution is -0.147. The maximum absolute atomic E-state index is 15.5. The van der Waals surface area contributed by atoms with Crippen molar-refractivity contribution < 1.29 is 32.9 Å². The summed E-state index contributed by atoms with van der Waals surface area (Å²) in [4.78, 5) is 18.4. The minimum atomic E-state index is -1.42. The van der Waals surface area contributed by atoms with Crippen LogP contribution in [0, 0.1) is 0 Å². The van der Waals surface area contributed by atoms with E-state index in [-0.39, 0.29) is 58.0 Å². The van der Waals surface area contributed by atoms with Crippen LogP contribution in [-0.2, 0) is 11.2 Å². The van der Waals surface area contributed by atoms with Gasteiger partial charge in [0.25, 0.3) is 0 Å². The lowest BCUT2D eigenvalue weighted by Crippen LogP contribution is -2.57. The first-order valence-electron chi connectivity index (χ1n) is 13.3. The second kappa shape index (κ2) is 11.4. The number of amides is 1. The zero-order valence-electron chi connectivity index (χ0n) is 22.3. The second-order valence-electron chi connectivity index (χ2n) is 10.4. The average Bonchev–Trinajstić information content (AvgIpc) is 3.27. The number of hydrogen-bond donors (Lipinski definition) is 2. The van der Waals surface area contributed by atoms with Crippen LogP contribution < -0.4 is 9.47 Å². The Morgan fingerprint density at radius 3 is 2.74 bits per heavy atom. The molecule has 210 valence electrons. The predicted octanol–water partition coefficient (Wildman–Crippen LogP) is 4.97. The number of aromatic amines is 1. The van der Waals surface area contributed by atoms with Gasteiger partial charge in [0.05, 0.1) is 39.6 Å². The van der Waals surface area contributed by atoms with Crippen LogP contribution in [0.2, 0.25) is 0 Å². The van der Waals surface area contributed by atoms with Gasteiger partial charge in [-0.2, -0.15) is 0 Å². The number of carboxylic acid groups (broad SMARTS) is 1. The molecule has 10 heteroatoms. The summed E-state index contributed by atoms with van der Waals surface area (Å²) in [5.41, 5.74) is 2.63. The molecule has 2 N–H and O–H groups in total. The first-order chi connectivity index (χ1) is 18.8. The highest BCUT2D eigenvalue weighted by Gasteiger charge is 2.46. The van der Waals surface area contributed by atoms with E-state index in [2.05, 4.69) is 22.9 Å². The maximum Gasteiger partial charge on any atom is 0.407 e. The molecule has 1 amide bonds. The Hall–Kier alpha value is -3.37. The third-order valence-corrected chi connectivity index (χ3v) is 7.66. The van der Waals surface area contributed by atoms with Gasteiger partial charge in [0.15, 0.2) is 5.67 Å². The molecule has 5 rings (SSSR count). The molecular formula is C29H35F2N3O5. The Morgan fingerprint density at radius 1 is 1.26 bits per heavy atom. The van der Waals surface area contributed by atoms with E-state index < -0.39 is 18.4 Å². The molecule has 0 bridgehead atoms. The van der Waals surface area contributed by atoms with E-state index in [4.69, 9.17) is 14.2 Å². The third kappa shape index (κ3) is 5.53. The summed E-state index contributed by atoms with van der Waals surface area (Å²) in [6, 6.07) is 13.4. The fraction of sp³-hybridized carbons (Fsp3) is 0.483. The van der Waals surface area contributed by atoms with Gasteiger partial charge in [0.2, 0.25) is 0 Å². The molecule has 3 aromatic rings. The van der Waals surface area contributed by atoms with Crippen LogP contribution >= 0.6 is 0 Å². The smallest absolute Gasteiger partial charge is 0.407 e. The molecule has 2 aromatic carbocycles. The van der Waals surface area contributed by atoms with E-state index in [1.807, 2.05) is 30.3 Å². The van der Waals surface area contributed by atoms with Gasteiger partial charge in [0, 0.05) is 41.3 Å². The highest BCUT2D eigenvalue weighted by molar-refractivity contribution is 5.85. The summed E-state index contributed by atoms with van der Waals surface area (Å²) in [5, 5.41) is 10.5. The van der Waals surface area contributed by atoms with Crippen molar-refractivity contribution in [3.8, 4) is 11.5 Å². The maximum atomic E-state index is 15.5. The molecule has 39 heavy (non-hydrogen) atoms. The van der Waals surface area contributed by atoms with Crippen LogP contribution in [0.4, 0.5) is 13.6 Å². The minimum absolute atomic E-state index is 0.0452. The molecule has 0 aliphatic carbocycles. The fourth-order valence-corrected chi connectivity index (χ4v) is 5.67. The predicted molar refractivity (Wildman–Crippen MR) is 143 cm³/mol. The third-order valence-electron chi connectivity index (χ3n) is 7.66. The van der Waals surface area contributed by atoms with Crippen LogP contribution in [0.1, 0.15) is 36.2 Å². The summed E-state index contributed by atoms with van der Waals surface area (Å²) in [5.74, 6) is 1.18. The van der Waals surface area contributed by atoms with Gasteiger partial charge < -0.3 is 29.2 Å². The average molecular weight is 544 g/mol. The van der Waals surface area contributed by atoms with Crippen molar-refractivity contribution in [2.24, 2.45) is 0 Å². The highest BCUT2D eigenvalue weighted by atomic mass is 19.1. The van der Waals surface area contributed by atoms with Crippen LogP contribution in [0.15, 0.2) is 42.5 Å². The Kier molecular flexibility index (Phi) is 7.95. The van der Waals surface area contributed by atoms with Gasteiger partial charge in [-0.15, -0.1) is 0 Å². The first-order valence-corrected chi connectivity index (χ1v) is 13.3. The minimum Gasteiger partial charge on any atom is -0.496 e. The van der Waals surface area contributed by atoms with Gasteiger partial charge in [-0.1, -0.05) is 18.2 Å². The van der Waals surface area contributed by atoms with Crippen molar-refractivity contribution in [2.45, 2.75) is 37.5 Å². The number of hydrogen-bond acceptors (Lipinski definition) is 5. The molecule has 0 spiro atoms. The quantitative estimate of drug-likeness (QED) is 0.355. The number of benzene rings is 2. The van der Waals surface area contributed by atoms with Crippen LogP contribution in [-0.4, -0.2) is 90.9 Å².